The van der Waals surface area contributed by atoms with Gasteiger partial charge in [0.15, 0.2) is 0 Å². The van der Waals surface area contributed by atoms with Crippen LogP contribution in [0.15, 0.2) is 5.11 Å². The molecule has 0 spiro atoms. The van der Waals surface area contributed by atoms with Crippen molar-refractivity contribution in [2.45, 2.75) is 31.7 Å². The van der Waals surface area contributed by atoms with Crippen LogP contribution in [-0.4, -0.2) is 23.8 Å². The van der Waals surface area contributed by atoms with Crippen LogP contribution >= 0.6 is 0 Å². The maximum atomic E-state index is 10.3. The minimum atomic E-state index is -0.955. The molecule has 0 aliphatic heterocycles. The van der Waals surface area contributed by atoms with Crippen molar-refractivity contribution in [2.24, 2.45) is 11.0 Å². The Hall–Kier alpha value is -1.42. The molecular formula is C8H14N4O2. The molecule has 1 saturated carbocycles. The zero-order valence-corrected chi connectivity index (χ0v) is 7.89. The number of azide groups is 1. The lowest BCUT2D eigenvalue weighted by Gasteiger charge is -2.27. The molecule has 0 aromatic rings. The molecule has 78 valence electrons. The first kappa shape index (κ1) is 10.7. The summed E-state index contributed by atoms with van der Waals surface area (Å²) < 4.78 is 0. The van der Waals surface area contributed by atoms with E-state index in [2.05, 4.69) is 15.3 Å². The first-order valence-corrected chi connectivity index (χ1v) is 4.72. The summed E-state index contributed by atoms with van der Waals surface area (Å²) in [6, 6.07) is 0.0785. The van der Waals surface area contributed by atoms with Crippen LogP contribution in [0.4, 0.5) is 4.79 Å². The molecule has 1 rings (SSSR count). The molecule has 0 heterocycles. The molecule has 0 aromatic heterocycles. The average molecular weight is 198 g/mol. The summed E-state index contributed by atoms with van der Waals surface area (Å²) in [6.45, 7) is 0.538. The predicted molar refractivity (Wildman–Crippen MR) is 50.9 cm³/mol. The summed E-state index contributed by atoms with van der Waals surface area (Å²) >= 11 is 0. The van der Waals surface area contributed by atoms with Crippen LogP contribution in [0.3, 0.4) is 0 Å². The Labute approximate surface area is 81.9 Å². The number of amides is 1. The molecular weight excluding hydrogens is 184 g/mol. The van der Waals surface area contributed by atoms with Gasteiger partial charge in [0.1, 0.15) is 0 Å². The molecule has 0 atom stereocenters. The lowest BCUT2D eigenvalue weighted by Crippen LogP contribution is -2.36. The molecule has 6 nitrogen and oxygen atoms in total. The maximum absolute atomic E-state index is 10.3. The Kier molecular flexibility index (Phi) is 4.07. The van der Waals surface area contributed by atoms with E-state index < -0.39 is 6.09 Å². The zero-order valence-electron chi connectivity index (χ0n) is 7.89. The Bertz CT molecular complexity index is 230. The van der Waals surface area contributed by atoms with Crippen LogP contribution in [0.25, 0.3) is 10.4 Å². The lowest BCUT2D eigenvalue weighted by atomic mass is 9.86. The smallest absolute Gasteiger partial charge is 0.404 e. The van der Waals surface area contributed by atoms with Crippen molar-refractivity contribution < 1.29 is 9.90 Å². The zero-order chi connectivity index (χ0) is 10.4. The van der Waals surface area contributed by atoms with E-state index in [1.807, 2.05) is 0 Å². The van der Waals surface area contributed by atoms with E-state index in [0.717, 1.165) is 25.7 Å². The van der Waals surface area contributed by atoms with Crippen molar-refractivity contribution in [3.63, 3.8) is 0 Å². The van der Waals surface area contributed by atoms with E-state index in [9.17, 15) is 4.79 Å². The third-order valence-corrected chi connectivity index (χ3v) is 2.58. The highest BCUT2D eigenvalue weighted by Gasteiger charge is 2.21. The summed E-state index contributed by atoms with van der Waals surface area (Å²) in [5, 5.41) is 14.5. The predicted octanol–water partition coefficient (Wildman–Crippen LogP) is 2.12. The molecule has 0 radical (unpaired) electrons. The van der Waals surface area contributed by atoms with Crippen LogP contribution < -0.4 is 5.32 Å². The van der Waals surface area contributed by atoms with Crippen LogP contribution in [-0.2, 0) is 0 Å². The summed E-state index contributed by atoms with van der Waals surface area (Å²) in [7, 11) is 0. The van der Waals surface area contributed by atoms with Gasteiger partial charge in [-0.25, -0.2) is 4.79 Å². The largest absolute Gasteiger partial charge is 0.465 e. The standard InChI is InChI=1S/C8H14N4O2/c9-12-10-5-6-1-3-7(4-2-6)11-8(13)14/h6-7,11H,1-5H2,(H,13,14). The van der Waals surface area contributed by atoms with Crippen molar-refractivity contribution in [3.05, 3.63) is 10.4 Å². The third kappa shape index (κ3) is 3.53. The topological polar surface area (TPSA) is 98.1 Å². The Morgan fingerprint density at radius 2 is 2.14 bits per heavy atom. The minimum absolute atomic E-state index is 0.0785. The highest BCUT2D eigenvalue weighted by Crippen LogP contribution is 2.24. The molecule has 1 amide bonds. The molecule has 2 N–H and O–H groups in total. The van der Waals surface area contributed by atoms with Gasteiger partial charge < -0.3 is 10.4 Å². The van der Waals surface area contributed by atoms with Gasteiger partial charge in [0.25, 0.3) is 0 Å². The van der Waals surface area contributed by atoms with Gasteiger partial charge in [-0.05, 0) is 37.1 Å². The fourth-order valence-corrected chi connectivity index (χ4v) is 1.82. The fourth-order valence-electron chi connectivity index (χ4n) is 1.82. The first-order valence-electron chi connectivity index (χ1n) is 4.72. The van der Waals surface area contributed by atoms with Gasteiger partial charge in [0.05, 0.1) is 0 Å². The third-order valence-electron chi connectivity index (χ3n) is 2.58. The van der Waals surface area contributed by atoms with Crippen LogP contribution in [0.5, 0.6) is 0 Å². The molecule has 0 bridgehead atoms. The van der Waals surface area contributed by atoms with E-state index in [4.69, 9.17) is 10.6 Å². The molecule has 0 saturated heterocycles. The van der Waals surface area contributed by atoms with Crippen molar-refractivity contribution in [2.75, 3.05) is 6.54 Å². The molecule has 14 heavy (non-hydrogen) atoms. The van der Waals surface area contributed by atoms with Gasteiger partial charge >= 0.3 is 6.09 Å². The van der Waals surface area contributed by atoms with E-state index >= 15 is 0 Å². The Morgan fingerprint density at radius 1 is 1.50 bits per heavy atom. The first-order chi connectivity index (χ1) is 6.72. The number of carbonyl (C=O) groups is 1. The number of hydrogen-bond acceptors (Lipinski definition) is 2. The Balaban J connectivity index is 2.23. The number of nitrogens with zero attached hydrogens (tertiary/aromatic N) is 3. The number of carboxylic acid groups (broad SMARTS) is 1. The number of rotatable bonds is 3. The van der Waals surface area contributed by atoms with Crippen molar-refractivity contribution in [1.29, 1.82) is 0 Å². The minimum Gasteiger partial charge on any atom is -0.465 e. The van der Waals surface area contributed by atoms with Crippen LogP contribution in [0, 0.1) is 5.92 Å². The van der Waals surface area contributed by atoms with E-state index in [1.165, 1.54) is 0 Å². The number of nitrogens with one attached hydrogen (secondary N) is 1. The molecule has 6 heteroatoms. The summed E-state index contributed by atoms with van der Waals surface area (Å²) in [5.74, 6) is 0.428. The molecule has 1 aliphatic carbocycles. The van der Waals surface area contributed by atoms with E-state index in [0.29, 0.717) is 12.5 Å². The highest BCUT2D eigenvalue weighted by atomic mass is 16.4. The molecule has 0 aromatic carbocycles. The van der Waals surface area contributed by atoms with Gasteiger partial charge in [-0.3, -0.25) is 0 Å². The van der Waals surface area contributed by atoms with Gasteiger partial charge in [0.2, 0.25) is 0 Å². The second-order valence-electron chi connectivity index (χ2n) is 3.58. The Morgan fingerprint density at radius 3 is 2.64 bits per heavy atom. The van der Waals surface area contributed by atoms with E-state index in [-0.39, 0.29) is 6.04 Å². The average Bonchev–Trinajstić information content (AvgIpc) is 2.16. The van der Waals surface area contributed by atoms with Gasteiger partial charge in [0, 0.05) is 17.5 Å². The molecule has 1 aliphatic rings. The normalized spacial score (nSPS) is 26.3. The summed E-state index contributed by atoms with van der Waals surface area (Å²) in [6.07, 6.45) is 2.60. The highest BCUT2D eigenvalue weighted by molar-refractivity contribution is 5.64. The number of hydrogen-bond donors (Lipinski definition) is 2. The maximum Gasteiger partial charge on any atom is 0.404 e. The fraction of sp³-hybridized carbons (Fsp3) is 0.875. The van der Waals surface area contributed by atoms with Gasteiger partial charge in [-0.1, -0.05) is 5.11 Å². The van der Waals surface area contributed by atoms with Gasteiger partial charge in [-0.15, -0.1) is 0 Å². The van der Waals surface area contributed by atoms with Crippen LogP contribution in [0.1, 0.15) is 25.7 Å². The second kappa shape index (κ2) is 5.34. The van der Waals surface area contributed by atoms with Crippen molar-refractivity contribution >= 4 is 6.09 Å². The summed E-state index contributed by atoms with van der Waals surface area (Å²) in [4.78, 5) is 13.1. The monoisotopic (exact) mass is 198 g/mol. The molecule has 1 fully saturated rings. The van der Waals surface area contributed by atoms with Gasteiger partial charge in [-0.2, -0.15) is 0 Å². The van der Waals surface area contributed by atoms with Crippen molar-refractivity contribution in [3.8, 4) is 0 Å². The SMILES string of the molecule is [N-]=[N+]=NCC1CCC(NC(=O)O)CC1. The lowest BCUT2D eigenvalue weighted by molar-refractivity contribution is 0.182. The molecule has 0 unspecified atom stereocenters. The quantitative estimate of drug-likeness (QED) is 0.412. The second-order valence-corrected chi connectivity index (χ2v) is 3.58. The summed E-state index contributed by atoms with van der Waals surface area (Å²) in [5.41, 5.74) is 8.14. The van der Waals surface area contributed by atoms with E-state index in [1.54, 1.807) is 0 Å². The van der Waals surface area contributed by atoms with Crippen LogP contribution in [0.2, 0.25) is 0 Å². The van der Waals surface area contributed by atoms with Crippen molar-refractivity contribution in [1.82, 2.24) is 5.32 Å².